The Morgan fingerprint density at radius 3 is 2.44 bits per heavy atom. The van der Waals surface area contributed by atoms with Crippen LogP contribution >= 0.6 is 0 Å². The number of anilines is 1. The lowest BCUT2D eigenvalue weighted by Crippen LogP contribution is -2.31. The number of carbonyl (C=O) groups is 1. The largest absolute Gasteiger partial charge is 0.308 e. The normalized spacial score (nSPS) is 11.2. The Hall–Kier alpha value is -3.48. The summed E-state index contributed by atoms with van der Waals surface area (Å²) in [5.74, 6) is -0.949. The predicted molar refractivity (Wildman–Crippen MR) is 102 cm³/mol. The Kier molecular flexibility index (Phi) is 3.99. The van der Waals surface area contributed by atoms with Gasteiger partial charge < -0.3 is 9.47 Å². The number of amides is 1. The summed E-state index contributed by atoms with van der Waals surface area (Å²) in [6.45, 7) is 2.03. The number of hydrogen-bond acceptors (Lipinski definition) is 3. The van der Waals surface area contributed by atoms with Gasteiger partial charge in [-0.25, -0.2) is 8.91 Å². The van der Waals surface area contributed by atoms with Crippen molar-refractivity contribution in [2.45, 2.75) is 6.92 Å². The molecule has 0 aliphatic heterocycles. The summed E-state index contributed by atoms with van der Waals surface area (Å²) in [6.07, 6.45) is 0. The van der Waals surface area contributed by atoms with Gasteiger partial charge >= 0.3 is 0 Å². The molecule has 1 amide bonds. The molecule has 2 aromatic carbocycles. The van der Waals surface area contributed by atoms with Crippen molar-refractivity contribution in [3.05, 3.63) is 76.5 Å². The summed E-state index contributed by atoms with van der Waals surface area (Å²) in [6, 6.07) is 14.9. The third-order valence-corrected chi connectivity index (χ3v) is 4.63. The van der Waals surface area contributed by atoms with Gasteiger partial charge in [0.15, 0.2) is 5.69 Å². The van der Waals surface area contributed by atoms with E-state index < -0.39 is 11.7 Å². The van der Waals surface area contributed by atoms with Crippen molar-refractivity contribution >= 4 is 28.1 Å². The van der Waals surface area contributed by atoms with Crippen LogP contribution in [0, 0.1) is 5.82 Å². The van der Waals surface area contributed by atoms with Crippen molar-refractivity contribution in [3.63, 3.8) is 0 Å². The Morgan fingerprint density at radius 2 is 1.74 bits per heavy atom. The Bertz CT molecular complexity index is 1240. The third kappa shape index (κ3) is 2.59. The first-order valence-electron chi connectivity index (χ1n) is 8.57. The van der Waals surface area contributed by atoms with Crippen molar-refractivity contribution in [1.82, 2.24) is 14.2 Å². The zero-order chi connectivity index (χ0) is 19.1. The second kappa shape index (κ2) is 6.35. The molecule has 0 radical (unpaired) electrons. The number of rotatable bonds is 3. The van der Waals surface area contributed by atoms with Crippen LogP contribution in [0.1, 0.15) is 17.4 Å². The van der Waals surface area contributed by atoms with Gasteiger partial charge in [0, 0.05) is 19.7 Å². The quantitative estimate of drug-likeness (QED) is 0.562. The lowest BCUT2D eigenvalue weighted by molar-refractivity contribution is 0.0982. The lowest BCUT2D eigenvalue weighted by Gasteiger charge is -2.20. The molecule has 7 heteroatoms. The highest BCUT2D eigenvalue weighted by Gasteiger charge is 2.23. The maximum absolute atomic E-state index is 14.2. The standard InChI is InChI=1S/C20H17FN4O2/c1-3-24(15-9-5-4-8-13(15)21)19(26)14-12-18-20(27)23(2)16-10-6-7-11-17(16)25(18)22-14/h4-12H,3H2,1-2H3. The SMILES string of the molecule is CCN(C(=O)c1cc2c(=O)n(C)c3ccccc3n2n1)c1ccccc1F. The Morgan fingerprint density at radius 1 is 1.07 bits per heavy atom. The number of halogens is 1. The summed E-state index contributed by atoms with van der Waals surface area (Å²) >= 11 is 0. The van der Waals surface area contributed by atoms with Gasteiger partial charge in [-0.15, -0.1) is 0 Å². The van der Waals surface area contributed by atoms with Gasteiger partial charge in [-0.2, -0.15) is 5.10 Å². The van der Waals surface area contributed by atoms with Crippen LogP contribution in [0.5, 0.6) is 0 Å². The van der Waals surface area contributed by atoms with Crippen LogP contribution in [0.3, 0.4) is 0 Å². The number of para-hydroxylation sites is 3. The number of aryl methyl sites for hydroxylation is 1. The molecule has 0 unspecified atom stereocenters. The molecule has 0 aliphatic carbocycles. The summed E-state index contributed by atoms with van der Waals surface area (Å²) in [5.41, 5.74) is 1.73. The number of aromatic nitrogens is 3. The van der Waals surface area contributed by atoms with Crippen LogP contribution in [0.4, 0.5) is 10.1 Å². The van der Waals surface area contributed by atoms with Crippen molar-refractivity contribution in [1.29, 1.82) is 0 Å². The zero-order valence-electron chi connectivity index (χ0n) is 14.9. The van der Waals surface area contributed by atoms with Gasteiger partial charge in [0.25, 0.3) is 11.5 Å². The Labute approximate surface area is 154 Å². The first-order valence-corrected chi connectivity index (χ1v) is 8.57. The minimum atomic E-state index is -0.488. The van der Waals surface area contributed by atoms with Crippen LogP contribution in [-0.4, -0.2) is 26.6 Å². The molecule has 4 rings (SSSR count). The van der Waals surface area contributed by atoms with Gasteiger partial charge in [0.05, 0.1) is 16.7 Å². The van der Waals surface area contributed by atoms with E-state index in [2.05, 4.69) is 5.10 Å². The molecule has 0 N–H and O–H groups in total. The average Bonchev–Trinajstić information content (AvgIpc) is 3.14. The smallest absolute Gasteiger partial charge is 0.278 e. The number of hydrogen-bond donors (Lipinski definition) is 0. The lowest BCUT2D eigenvalue weighted by atomic mass is 10.2. The molecule has 4 aromatic rings. The molecule has 2 aromatic heterocycles. The van der Waals surface area contributed by atoms with Gasteiger partial charge in [-0.1, -0.05) is 24.3 Å². The van der Waals surface area contributed by atoms with E-state index in [1.807, 2.05) is 24.3 Å². The van der Waals surface area contributed by atoms with E-state index in [-0.39, 0.29) is 23.5 Å². The summed E-state index contributed by atoms with van der Waals surface area (Å²) in [5, 5.41) is 4.36. The molecule has 0 bridgehead atoms. The average molecular weight is 364 g/mol. The highest BCUT2D eigenvalue weighted by Crippen LogP contribution is 2.21. The molecule has 6 nitrogen and oxygen atoms in total. The fraction of sp³-hybridized carbons (Fsp3) is 0.150. The zero-order valence-corrected chi connectivity index (χ0v) is 14.9. The Balaban J connectivity index is 1.91. The van der Waals surface area contributed by atoms with Crippen molar-refractivity contribution in [3.8, 4) is 0 Å². The molecule has 0 spiro atoms. The number of carbonyl (C=O) groups excluding carboxylic acids is 1. The van der Waals surface area contributed by atoms with E-state index >= 15 is 0 Å². The molecular formula is C20H17FN4O2. The van der Waals surface area contributed by atoms with Gasteiger partial charge in [-0.05, 0) is 31.2 Å². The first-order chi connectivity index (χ1) is 13.0. The number of fused-ring (bicyclic) bond motifs is 3. The minimum Gasteiger partial charge on any atom is -0.308 e. The number of nitrogens with zero attached hydrogens (tertiary/aromatic N) is 4. The van der Waals surface area contributed by atoms with Crippen molar-refractivity contribution < 1.29 is 9.18 Å². The van der Waals surface area contributed by atoms with Crippen LogP contribution in [0.15, 0.2) is 59.4 Å². The van der Waals surface area contributed by atoms with Gasteiger partial charge in [-0.3, -0.25) is 9.59 Å². The highest BCUT2D eigenvalue weighted by molar-refractivity contribution is 6.05. The van der Waals surface area contributed by atoms with E-state index in [0.717, 1.165) is 0 Å². The second-order valence-electron chi connectivity index (χ2n) is 6.18. The molecule has 0 aliphatic rings. The van der Waals surface area contributed by atoms with Crippen molar-refractivity contribution in [2.24, 2.45) is 7.05 Å². The van der Waals surface area contributed by atoms with E-state index in [1.165, 1.54) is 26.1 Å². The second-order valence-corrected chi connectivity index (χ2v) is 6.18. The molecule has 0 atom stereocenters. The maximum atomic E-state index is 14.2. The predicted octanol–water partition coefficient (Wildman–Crippen LogP) is 2.99. The maximum Gasteiger partial charge on any atom is 0.278 e. The minimum absolute atomic E-state index is 0.0913. The summed E-state index contributed by atoms with van der Waals surface area (Å²) < 4.78 is 17.2. The molecule has 0 fully saturated rings. The molecule has 0 saturated carbocycles. The molecule has 2 heterocycles. The van der Waals surface area contributed by atoms with E-state index in [0.29, 0.717) is 16.6 Å². The van der Waals surface area contributed by atoms with Crippen LogP contribution in [0.2, 0.25) is 0 Å². The third-order valence-electron chi connectivity index (χ3n) is 4.63. The monoisotopic (exact) mass is 364 g/mol. The van der Waals surface area contributed by atoms with E-state index in [1.54, 1.807) is 32.2 Å². The fourth-order valence-corrected chi connectivity index (χ4v) is 3.26. The number of benzene rings is 2. The topological polar surface area (TPSA) is 59.6 Å². The van der Waals surface area contributed by atoms with Gasteiger partial charge in [0.1, 0.15) is 11.3 Å². The molecular weight excluding hydrogens is 347 g/mol. The van der Waals surface area contributed by atoms with E-state index in [9.17, 15) is 14.0 Å². The fourth-order valence-electron chi connectivity index (χ4n) is 3.26. The van der Waals surface area contributed by atoms with E-state index in [4.69, 9.17) is 0 Å². The molecule has 0 saturated heterocycles. The van der Waals surface area contributed by atoms with Crippen LogP contribution < -0.4 is 10.5 Å². The highest BCUT2D eigenvalue weighted by atomic mass is 19.1. The molecule has 136 valence electrons. The summed E-state index contributed by atoms with van der Waals surface area (Å²) in [7, 11) is 1.68. The van der Waals surface area contributed by atoms with Crippen molar-refractivity contribution in [2.75, 3.05) is 11.4 Å². The van der Waals surface area contributed by atoms with Crippen LogP contribution in [0.25, 0.3) is 16.6 Å². The first kappa shape index (κ1) is 17.0. The molecule has 27 heavy (non-hydrogen) atoms. The van der Waals surface area contributed by atoms with Gasteiger partial charge in [0.2, 0.25) is 0 Å². The summed E-state index contributed by atoms with van der Waals surface area (Å²) in [4.78, 5) is 27.0. The van der Waals surface area contributed by atoms with Crippen LogP contribution in [-0.2, 0) is 7.05 Å².